The predicted molar refractivity (Wildman–Crippen MR) is 15.2 cm³/mol. The van der Waals surface area contributed by atoms with Crippen molar-refractivity contribution in [3.63, 3.8) is 0 Å². The van der Waals surface area contributed by atoms with E-state index in [1.807, 2.05) is 0 Å². The van der Waals surface area contributed by atoms with E-state index in [9.17, 15) is 0 Å². The minimum absolute atomic E-state index is 0. The van der Waals surface area contributed by atoms with Crippen molar-refractivity contribution in [1.29, 1.82) is 0 Å². The van der Waals surface area contributed by atoms with Crippen molar-refractivity contribution in [3.05, 3.63) is 17.5 Å². The average Bonchev–Trinajstić information content (AvgIpc) is 0.811. The van der Waals surface area contributed by atoms with Crippen LogP contribution in [0.1, 0.15) is 0 Å². The Bertz CT molecular complexity index is 33.8. The molecular weight excluding hydrogens is 163 g/mol. The predicted octanol–water partition coefficient (Wildman–Crippen LogP) is 0.100. The van der Waals surface area contributed by atoms with E-state index in [4.69, 9.17) is 15.3 Å². The first-order valence-electron chi connectivity index (χ1n) is 0.565. The standard InChI is InChI=1S/CH3.HNO3.Y/c;2-1(3)4;/h1H3;(H,2,3,4);/q-1;;. The quantitative estimate of drug-likeness (QED) is 0.316. The third kappa shape index (κ3) is 509. The van der Waals surface area contributed by atoms with E-state index >= 15 is 0 Å². The fraction of sp³-hybridized carbons (Fsp3) is 0. The molecule has 4 nitrogen and oxygen atoms in total. The SMILES string of the molecule is O=[N+]([O-])O.[CH3-].[Y]. The second-order valence-electron chi connectivity index (χ2n) is 0.238. The van der Waals surface area contributed by atoms with Gasteiger partial charge in [-0.05, 0) is 0 Å². The second kappa shape index (κ2) is 9.00. The van der Waals surface area contributed by atoms with Crippen LogP contribution in [0.25, 0.3) is 0 Å². The summed E-state index contributed by atoms with van der Waals surface area (Å²) in [6.07, 6.45) is 0. The topological polar surface area (TPSA) is 63.4 Å². The number of rotatable bonds is 0. The third-order valence-corrected chi connectivity index (χ3v) is 0. The van der Waals surface area contributed by atoms with Gasteiger partial charge in [0.2, 0.25) is 0 Å². The summed E-state index contributed by atoms with van der Waals surface area (Å²) in [7, 11) is 0. The maximum atomic E-state index is 8.36. The van der Waals surface area contributed by atoms with Gasteiger partial charge >= 0.3 is 0 Å². The Morgan fingerprint density at radius 2 is 1.67 bits per heavy atom. The summed E-state index contributed by atoms with van der Waals surface area (Å²) in [6.45, 7) is 0. The molecule has 0 saturated heterocycles. The second-order valence-corrected chi connectivity index (χ2v) is 0.238. The molecule has 0 aliphatic rings. The van der Waals surface area contributed by atoms with Gasteiger partial charge in [0.15, 0.2) is 0 Å². The van der Waals surface area contributed by atoms with Gasteiger partial charge in [0.1, 0.15) is 0 Å². The molecule has 1 radical (unpaired) electrons. The zero-order valence-corrected chi connectivity index (χ0v) is 6.13. The molecule has 6 heavy (non-hydrogen) atoms. The monoisotopic (exact) mass is 167 g/mol. The molecule has 0 aliphatic carbocycles. The Labute approximate surface area is 60.5 Å². The first kappa shape index (κ1) is 16.2. The maximum Gasteiger partial charge on any atom is 0.291 e. The van der Waals surface area contributed by atoms with E-state index < -0.39 is 5.09 Å². The minimum Gasteiger partial charge on any atom is -0.358 e. The first-order chi connectivity index (χ1) is 1.73. The number of nitrogens with zero attached hydrogens (tertiary/aromatic N) is 1. The number of hydrogen-bond acceptors (Lipinski definition) is 2. The van der Waals surface area contributed by atoms with Crippen LogP contribution in [-0.2, 0) is 32.7 Å². The van der Waals surface area contributed by atoms with Crippen LogP contribution in [0.4, 0.5) is 0 Å². The van der Waals surface area contributed by atoms with Gasteiger partial charge in [0.25, 0.3) is 5.09 Å². The van der Waals surface area contributed by atoms with Gasteiger partial charge in [-0.1, -0.05) is 0 Å². The van der Waals surface area contributed by atoms with Crippen LogP contribution >= 0.6 is 0 Å². The van der Waals surface area contributed by atoms with Gasteiger partial charge in [0.05, 0.1) is 0 Å². The van der Waals surface area contributed by atoms with Crippen LogP contribution in [0.2, 0.25) is 0 Å². The molecule has 0 aromatic rings. The fourth-order valence-corrected chi connectivity index (χ4v) is 0. The van der Waals surface area contributed by atoms with Gasteiger partial charge in [-0.2, -0.15) is 0 Å². The van der Waals surface area contributed by atoms with Gasteiger partial charge in [0, 0.05) is 32.7 Å². The molecule has 0 aromatic heterocycles. The smallest absolute Gasteiger partial charge is 0.291 e. The van der Waals surface area contributed by atoms with Crippen molar-refractivity contribution in [2.45, 2.75) is 0 Å². The molecule has 0 spiro atoms. The van der Waals surface area contributed by atoms with Gasteiger partial charge in [-0.15, -0.1) is 10.1 Å². The Kier molecular flexibility index (Phi) is 24.4. The van der Waals surface area contributed by atoms with Crippen molar-refractivity contribution in [3.8, 4) is 0 Å². The summed E-state index contributed by atoms with van der Waals surface area (Å²) in [5.41, 5.74) is 0. The molecule has 0 unspecified atom stereocenters. The van der Waals surface area contributed by atoms with Crippen molar-refractivity contribution in [1.82, 2.24) is 0 Å². The minimum atomic E-state index is -1.50. The summed E-state index contributed by atoms with van der Waals surface area (Å²) in [5.74, 6) is 0. The van der Waals surface area contributed by atoms with Gasteiger partial charge in [-0.3, -0.25) is 0 Å². The normalized spacial score (nSPS) is 4.00. The van der Waals surface area contributed by atoms with Gasteiger partial charge in [-0.25, -0.2) is 0 Å². The van der Waals surface area contributed by atoms with Gasteiger partial charge < -0.3 is 12.6 Å². The molecule has 0 heterocycles. The van der Waals surface area contributed by atoms with Crippen molar-refractivity contribution in [2.24, 2.45) is 0 Å². The van der Waals surface area contributed by atoms with Crippen LogP contribution in [0.5, 0.6) is 0 Å². The van der Waals surface area contributed by atoms with Crippen LogP contribution in [0.15, 0.2) is 0 Å². The van der Waals surface area contributed by atoms with Crippen LogP contribution in [-0.4, -0.2) is 10.3 Å². The summed E-state index contributed by atoms with van der Waals surface area (Å²) in [4.78, 5) is 8.36. The summed E-state index contributed by atoms with van der Waals surface area (Å²) in [6, 6.07) is 0. The van der Waals surface area contributed by atoms with Crippen LogP contribution in [0.3, 0.4) is 0 Å². The Morgan fingerprint density at radius 1 is 1.67 bits per heavy atom. The molecule has 0 aliphatic heterocycles. The molecule has 0 amide bonds. The zero-order chi connectivity index (χ0) is 3.58. The van der Waals surface area contributed by atoms with Crippen molar-refractivity contribution >= 4 is 0 Å². The van der Waals surface area contributed by atoms with E-state index in [0.29, 0.717) is 0 Å². The Balaban J connectivity index is -0.0000000450. The molecule has 0 bridgehead atoms. The van der Waals surface area contributed by atoms with Crippen molar-refractivity contribution < 1.29 is 43.0 Å². The summed E-state index contributed by atoms with van der Waals surface area (Å²) < 4.78 is 0. The van der Waals surface area contributed by atoms with Crippen LogP contribution < -0.4 is 0 Å². The molecule has 35 valence electrons. The Morgan fingerprint density at radius 3 is 1.67 bits per heavy atom. The molecule has 0 rings (SSSR count). The van der Waals surface area contributed by atoms with Crippen molar-refractivity contribution in [2.75, 3.05) is 0 Å². The summed E-state index contributed by atoms with van der Waals surface area (Å²) >= 11 is 0. The first-order valence-corrected chi connectivity index (χ1v) is 0.565. The molecule has 0 fully saturated rings. The largest absolute Gasteiger partial charge is 0.358 e. The molecule has 1 N–H and O–H groups in total. The van der Waals surface area contributed by atoms with E-state index in [0.717, 1.165) is 0 Å². The van der Waals surface area contributed by atoms with E-state index in [1.54, 1.807) is 0 Å². The van der Waals surface area contributed by atoms with E-state index in [-0.39, 0.29) is 40.1 Å². The molecule has 0 aromatic carbocycles. The van der Waals surface area contributed by atoms with Crippen LogP contribution in [0, 0.1) is 17.5 Å². The Hall–Kier alpha value is 0.304. The molecular formula is CH4NO3Y-. The fourth-order valence-electron chi connectivity index (χ4n) is 0. The summed E-state index contributed by atoms with van der Waals surface area (Å²) in [5, 5.41) is 13.6. The zero-order valence-electron chi connectivity index (χ0n) is 3.29. The molecule has 0 atom stereocenters. The number of hydrogen-bond donors (Lipinski definition) is 1. The van der Waals surface area contributed by atoms with E-state index in [1.165, 1.54) is 0 Å². The van der Waals surface area contributed by atoms with E-state index in [2.05, 4.69) is 0 Å². The molecule has 0 saturated carbocycles. The third-order valence-electron chi connectivity index (χ3n) is 0. The molecule has 5 heteroatoms. The maximum absolute atomic E-state index is 8.36. The average molecular weight is 167 g/mol.